The van der Waals surface area contributed by atoms with Crippen molar-refractivity contribution in [3.05, 3.63) is 35.9 Å². The fourth-order valence-electron chi connectivity index (χ4n) is 4.02. The lowest BCUT2D eigenvalue weighted by molar-refractivity contribution is -0.960. The normalized spacial score (nSPS) is 40.5. The molecule has 2 N–H and O–H groups in total. The molecule has 3 rings (SSSR count). The molecule has 2 atom stereocenters. The molecule has 1 aromatic carbocycles. The third-order valence-corrected chi connectivity index (χ3v) is 5.02. The molecule has 0 spiro atoms. The van der Waals surface area contributed by atoms with Crippen LogP contribution in [0.4, 0.5) is 0 Å². The first-order valence-corrected chi connectivity index (χ1v) is 6.83. The Balaban J connectivity index is 1.82. The molecule has 1 aromatic rings. The minimum atomic E-state index is 0.453. The number of nitrogens with two attached hydrogens (primary N) is 1. The first-order chi connectivity index (χ1) is 8.18. The van der Waals surface area contributed by atoms with Crippen molar-refractivity contribution in [1.82, 2.24) is 0 Å². The molecule has 2 aliphatic rings. The third-order valence-electron chi connectivity index (χ3n) is 5.02. The number of fused-ring (bicyclic) bond motifs is 2. The van der Waals surface area contributed by atoms with Crippen LogP contribution < -0.4 is 5.73 Å². The summed E-state index contributed by atoms with van der Waals surface area (Å²) in [6.45, 7) is 1.18. The van der Waals surface area contributed by atoms with Crippen molar-refractivity contribution in [2.24, 2.45) is 5.73 Å². The molecule has 2 fully saturated rings. The predicted octanol–water partition coefficient (Wildman–Crippen LogP) is 2.29. The van der Waals surface area contributed by atoms with Crippen LogP contribution in [0.3, 0.4) is 0 Å². The average Bonchev–Trinajstić information content (AvgIpc) is 2.52. The molecule has 0 aromatic heterocycles. The number of nitrogens with zero attached hydrogens (tertiary/aromatic N) is 1. The van der Waals surface area contributed by atoms with Crippen molar-refractivity contribution in [2.45, 2.75) is 50.4 Å². The summed E-state index contributed by atoms with van der Waals surface area (Å²) in [6.07, 6.45) is 5.20. The van der Waals surface area contributed by atoms with Crippen molar-refractivity contribution >= 4 is 0 Å². The fraction of sp³-hybridized carbons (Fsp3) is 0.600. The highest BCUT2D eigenvalue weighted by molar-refractivity contribution is 5.13. The molecule has 2 heteroatoms. The Morgan fingerprint density at radius 2 is 1.71 bits per heavy atom. The van der Waals surface area contributed by atoms with E-state index >= 15 is 0 Å². The van der Waals surface area contributed by atoms with E-state index in [1.165, 1.54) is 42.3 Å². The van der Waals surface area contributed by atoms with Crippen LogP contribution in [0.15, 0.2) is 30.3 Å². The van der Waals surface area contributed by atoms with Crippen LogP contribution in [0.5, 0.6) is 0 Å². The molecule has 0 radical (unpaired) electrons. The van der Waals surface area contributed by atoms with E-state index < -0.39 is 0 Å². The van der Waals surface area contributed by atoms with Gasteiger partial charge in [0.1, 0.15) is 6.54 Å². The maximum Gasteiger partial charge on any atom is 0.105 e. The van der Waals surface area contributed by atoms with Gasteiger partial charge < -0.3 is 10.2 Å². The Morgan fingerprint density at radius 1 is 1.12 bits per heavy atom. The molecular formula is C15H23N2+. The van der Waals surface area contributed by atoms with Gasteiger partial charge in [0.15, 0.2) is 0 Å². The van der Waals surface area contributed by atoms with Gasteiger partial charge >= 0.3 is 0 Å². The quantitative estimate of drug-likeness (QED) is 0.777. The highest BCUT2D eigenvalue weighted by atomic mass is 15.4. The van der Waals surface area contributed by atoms with E-state index in [-0.39, 0.29) is 0 Å². The van der Waals surface area contributed by atoms with Crippen LogP contribution in [-0.4, -0.2) is 29.7 Å². The van der Waals surface area contributed by atoms with Crippen LogP contribution in [0, 0.1) is 0 Å². The number of piperidine rings is 1. The van der Waals surface area contributed by atoms with E-state index in [0.29, 0.717) is 6.04 Å². The lowest BCUT2D eigenvalue weighted by Gasteiger charge is -2.46. The van der Waals surface area contributed by atoms with E-state index in [4.69, 9.17) is 5.73 Å². The van der Waals surface area contributed by atoms with Crippen molar-refractivity contribution in [2.75, 3.05) is 7.05 Å². The number of hydrogen-bond donors (Lipinski definition) is 1. The zero-order chi connectivity index (χ0) is 11.9. The Kier molecular flexibility index (Phi) is 2.72. The van der Waals surface area contributed by atoms with Crippen LogP contribution in [-0.2, 0) is 6.54 Å². The first kappa shape index (κ1) is 11.2. The van der Waals surface area contributed by atoms with E-state index in [0.717, 1.165) is 12.1 Å². The molecule has 92 valence electrons. The fourth-order valence-corrected chi connectivity index (χ4v) is 4.02. The smallest absolute Gasteiger partial charge is 0.105 e. The lowest BCUT2D eigenvalue weighted by atomic mass is 9.94. The van der Waals surface area contributed by atoms with Gasteiger partial charge in [0.05, 0.1) is 19.1 Å². The Bertz CT molecular complexity index is 373. The van der Waals surface area contributed by atoms with E-state index in [1.54, 1.807) is 0 Å². The van der Waals surface area contributed by atoms with Crippen molar-refractivity contribution in [1.29, 1.82) is 0 Å². The highest BCUT2D eigenvalue weighted by Gasteiger charge is 2.50. The lowest BCUT2D eigenvalue weighted by Crippen LogP contribution is -2.59. The summed E-state index contributed by atoms with van der Waals surface area (Å²) in [6, 6.07) is 13.0. The summed E-state index contributed by atoms with van der Waals surface area (Å²) >= 11 is 0. The topological polar surface area (TPSA) is 26.0 Å². The van der Waals surface area contributed by atoms with E-state index in [9.17, 15) is 0 Å². The van der Waals surface area contributed by atoms with Crippen LogP contribution in [0.1, 0.15) is 31.2 Å². The molecule has 2 nitrogen and oxygen atoms in total. The van der Waals surface area contributed by atoms with Gasteiger partial charge in [-0.05, 0) is 0 Å². The molecule has 0 aliphatic carbocycles. The van der Waals surface area contributed by atoms with Gasteiger partial charge in [-0.25, -0.2) is 0 Å². The number of benzene rings is 1. The largest absolute Gasteiger partial charge is 0.327 e. The molecule has 2 aliphatic heterocycles. The second-order valence-corrected chi connectivity index (χ2v) is 6.11. The van der Waals surface area contributed by atoms with Gasteiger partial charge in [-0.15, -0.1) is 0 Å². The van der Waals surface area contributed by atoms with Crippen LogP contribution in [0.2, 0.25) is 0 Å². The predicted molar refractivity (Wildman–Crippen MR) is 70.3 cm³/mol. The summed E-state index contributed by atoms with van der Waals surface area (Å²) in [5.41, 5.74) is 7.63. The van der Waals surface area contributed by atoms with Gasteiger partial charge in [0, 0.05) is 37.3 Å². The van der Waals surface area contributed by atoms with Gasteiger partial charge in [-0.3, -0.25) is 0 Å². The summed E-state index contributed by atoms with van der Waals surface area (Å²) in [5, 5.41) is 0. The monoisotopic (exact) mass is 231 g/mol. The second kappa shape index (κ2) is 4.11. The van der Waals surface area contributed by atoms with E-state index in [2.05, 4.69) is 37.4 Å². The third kappa shape index (κ3) is 1.90. The number of quaternary nitrogens is 1. The molecule has 2 bridgehead atoms. The standard InChI is InChI=1S/C15H23N2/c1-17(11-12-5-3-2-4-6-12)14-7-8-15(17)10-13(16)9-14/h2-6,13-15H,7-11,16H2,1H3/q+1. The van der Waals surface area contributed by atoms with Crippen LogP contribution >= 0.6 is 0 Å². The highest BCUT2D eigenvalue weighted by Crippen LogP contribution is 2.41. The van der Waals surface area contributed by atoms with E-state index in [1.807, 2.05) is 0 Å². The van der Waals surface area contributed by atoms with Crippen molar-refractivity contribution in [3.63, 3.8) is 0 Å². The maximum absolute atomic E-state index is 6.16. The van der Waals surface area contributed by atoms with Gasteiger partial charge in [0.2, 0.25) is 0 Å². The molecule has 2 heterocycles. The maximum atomic E-state index is 6.16. The zero-order valence-corrected chi connectivity index (χ0v) is 10.7. The van der Waals surface area contributed by atoms with Crippen molar-refractivity contribution in [3.8, 4) is 0 Å². The summed E-state index contributed by atoms with van der Waals surface area (Å²) in [7, 11) is 2.45. The minimum absolute atomic E-state index is 0.453. The summed E-state index contributed by atoms with van der Waals surface area (Å²) in [4.78, 5) is 0. The Hall–Kier alpha value is -0.860. The molecular weight excluding hydrogens is 208 g/mol. The molecule has 2 saturated heterocycles. The Morgan fingerprint density at radius 3 is 2.29 bits per heavy atom. The Labute approximate surface area is 104 Å². The first-order valence-electron chi connectivity index (χ1n) is 6.83. The molecule has 2 unspecified atom stereocenters. The molecule has 0 amide bonds. The molecule has 17 heavy (non-hydrogen) atoms. The second-order valence-electron chi connectivity index (χ2n) is 6.11. The SMILES string of the molecule is C[N+]1(Cc2ccccc2)C2CCC1CC(N)C2. The number of hydrogen-bond acceptors (Lipinski definition) is 1. The van der Waals surface area contributed by atoms with Gasteiger partial charge in [0.25, 0.3) is 0 Å². The average molecular weight is 231 g/mol. The van der Waals surface area contributed by atoms with Gasteiger partial charge in [-0.2, -0.15) is 0 Å². The van der Waals surface area contributed by atoms with Gasteiger partial charge in [-0.1, -0.05) is 30.3 Å². The summed E-state index contributed by atoms with van der Waals surface area (Å²) in [5.74, 6) is 0. The molecule has 0 saturated carbocycles. The number of rotatable bonds is 2. The van der Waals surface area contributed by atoms with Crippen LogP contribution in [0.25, 0.3) is 0 Å². The zero-order valence-electron chi connectivity index (χ0n) is 10.7. The summed E-state index contributed by atoms with van der Waals surface area (Å²) < 4.78 is 1.23. The van der Waals surface area contributed by atoms with Crippen molar-refractivity contribution < 1.29 is 4.48 Å². The minimum Gasteiger partial charge on any atom is -0.327 e.